The molecule has 0 bridgehead atoms. The molecule has 1 N–H and O–H groups in total. The molecule has 0 radical (unpaired) electrons. The van der Waals surface area contributed by atoms with Crippen LogP contribution in [0, 0.1) is 0 Å². The standard InChI is InChI=1S/C8H13NO3/c1-5(7(10)9-3)6(2)8(11)12-4/h1-4H3,(H,9,10)/b6-5+. The predicted octanol–water partition coefficient (Wildman–Crippen LogP) is 0.242. The van der Waals surface area contributed by atoms with Gasteiger partial charge >= 0.3 is 5.97 Å². The molecule has 0 unspecified atom stereocenters. The second-order valence-corrected chi connectivity index (χ2v) is 2.32. The number of likely N-dealkylation sites (N-methyl/N-ethyl adjacent to an activating group) is 1. The molecule has 4 nitrogen and oxygen atoms in total. The lowest BCUT2D eigenvalue weighted by atomic mass is 10.1. The topological polar surface area (TPSA) is 55.4 Å². The normalized spacial score (nSPS) is 11.7. The van der Waals surface area contributed by atoms with Crippen molar-refractivity contribution < 1.29 is 14.3 Å². The molecule has 0 heterocycles. The first-order valence-corrected chi connectivity index (χ1v) is 3.52. The number of ether oxygens (including phenoxy) is 1. The van der Waals surface area contributed by atoms with Crippen molar-refractivity contribution >= 4 is 11.9 Å². The third-order valence-electron chi connectivity index (χ3n) is 1.62. The van der Waals surface area contributed by atoms with E-state index in [9.17, 15) is 9.59 Å². The lowest BCUT2D eigenvalue weighted by Gasteiger charge is -2.03. The lowest BCUT2D eigenvalue weighted by Crippen LogP contribution is -2.21. The van der Waals surface area contributed by atoms with E-state index in [0.29, 0.717) is 11.1 Å². The molecule has 0 atom stereocenters. The number of hydrogen-bond acceptors (Lipinski definition) is 3. The van der Waals surface area contributed by atoms with Crippen molar-refractivity contribution in [3.8, 4) is 0 Å². The quantitative estimate of drug-likeness (QED) is 0.478. The van der Waals surface area contributed by atoms with Gasteiger partial charge in [-0.1, -0.05) is 0 Å². The highest BCUT2D eigenvalue weighted by Gasteiger charge is 2.11. The number of carbonyl (C=O) groups excluding carboxylic acids is 2. The van der Waals surface area contributed by atoms with Gasteiger partial charge in [0.1, 0.15) is 0 Å². The zero-order valence-electron chi connectivity index (χ0n) is 7.72. The maximum atomic E-state index is 11.0. The van der Waals surface area contributed by atoms with Crippen molar-refractivity contribution in [1.82, 2.24) is 5.32 Å². The molecular weight excluding hydrogens is 158 g/mol. The molecule has 0 aliphatic heterocycles. The molecule has 0 aromatic heterocycles. The number of esters is 1. The summed E-state index contributed by atoms with van der Waals surface area (Å²) in [5.74, 6) is -0.742. The van der Waals surface area contributed by atoms with E-state index in [2.05, 4.69) is 10.1 Å². The number of rotatable bonds is 2. The summed E-state index contributed by atoms with van der Waals surface area (Å²) in [5, 5.41) is 2.42. The SMILES string of the molecule is CNC(=O)/C(C)=C(\C)C(=O)OC. The maximum absolute atomic E-state index is 11.0. The van der Waals surface area contributed by atoms with Gasteiger partial charge in [-0.25, -0.2) is 4.79 Å². The summed E-state index contributed by atoms with van der Waals surface area (Å²) in [6.45, 7) is 3.13. The summed E-state index contributed by atoms with van der Waals surface area (Å²) >= 11 is 0. The van der Waals surface area contributed by atoms with E-state index in [1.807, 2.05) is 0 Å². The minimum absolute atomic E-state index is 0.266. The van der Waals surface area contributed by atoms with Gasteiger partial charge in [0.2, 0.25) is 5.91 Å². The number of amides is 1. The van der Waals surface area contributed by atoms with Crippen LogP contribution in [0.4, 0.5) is 0 Å². The van der Waals surface area contributed by atoms with Gasteiger partial charge in [-0.3, -0.25) is 4.79 Å². The van der Waals surface area contributed by atoms with Gasteiger partial charge in [-0.15, -0.1) is 0 Å². The van der Waals surface area contributed by atoms with Crippen molar-refractivity contribution in [2.45, 2.75) is 13.8 Å². The molecule has 0 fully saturated rings. The van der Waals surface area contributed by atoms with E-state index in [1.54, 1.807) is 13.8 Å². The van der Waals surface area contributed by atoms with E-state index in [1.165, 1.54) is 14.2 Å². The highest BCUT2D eigenvalue weighted by Crippen LogP contribution is 2.04. The minimum atomic E-state index is -0.476. The molecule has 0 aliphatic rings. The average molecular weight is 171 g/mol. The Bertz CT molecular complexity index is 206. The van der Waals surface area contributed by atoms with Gasteiger partial charge in [0.05, 0.1) is 7.11 Å². The van der Waals surface area contributed by atoms with Gasteiger partial charge in [-0.2, -0.15) is 0 Å². The Morgan fingerprint density at radius 3 is 2.00 bits per heavy atom. The van der Waals surface area contributed by atoms with Crippen LogP contribution >= 0.6 is 0 Å². The Morgan fingerprint density at radius 1 is 1.17 bits per heavy atom. The van der Waals surface area contributed by atoms with Crippen LogP contribution in [0.3, 0.4) is 0 Å². The fraction of sp³-hybridized carbons (Fsp3) is 0.500. The minimum Gasteiger partial charge on any atom is -0.466 e. The van der Waals surface area contributed by atoms with Crippen LogP contribution in [0.25, 0.3) is 0 Å². The van der Waals surface area contributed by atoms with Crippen LogP contribution in [0.5, 0.6) is 0 Å². The molecule has 0 saturated carbocycles. The molecular formula is C8H13NO3. The summed E-state index contributed by atoms with van der Waals surface area (Å²) < 4.78 is 4.45. The van der Waals surface area contributed by atoms with Gasteiger partial charge in [0, 0.05) is 18.2 Å². The highest BCUT2D eigenvalue weighted by atomic mass is 16.5. The third kappa shape index (κ3) is 2.38. The number of nitrogens with one attached hydrogen (secondary N) is 1. The average Bonchev–Trinajstić information content (AvgIpc) is 2.12. The summed E-state index contributed by atoms with van der Waals surface area (Å²) in [7, 11) is 2.79. The van der Waals surface area contributed by atoms with Gasteiger partial charge in [-0.05, 0) is 13.8 Å². The van der Waals surface area contributed by atoms with Gasteiger partial charge in [0.15, 0.2) is 0 Å². The predicted molar refractivity (Wildman–Crippen MR) is 44.5 cm³/mol. The van der Waals surface area contributed by atoms with Crippen LogP contribution in [-0.2, 0) is 14.3 Å². The van der Waals surface area contributed by atoms with Crippen LogP contribution in [-0.4, -0.2) is 26.0 Å². The monoisotopic (exact) mass is 171 g/mol. The van der Waals surface area contributed by atoms with Gasteiger partial charge < -0.3 is 10.1 Å². The molecule has 0 rings (SSSR count). The fourth-order valence-corrected chi connectivity index (χ4v) is 0.664. The smallest absolute Gasteiger partial charge is 0.333 e. The summed E-state index contributed by atoms with van der Waals surface area (Å²) in [5.41, 5.74) is 0.709. The Kier molecular flexibility index (Phi) is 4.04. The molecule has 1 amide bonds. The van der Waals surface area contributed by atoms with Crippen LogP contribution in [0.2, 0.25) is 0 Å². The second kappa shape index (κ2) is 4.54. The van der Waals surface area contributed by atoms with Crippen molar-refractivity contribution in [3.05, 3.63) is 11.1 Å². The van der Waals surface area contributed by atoms with Crippen LogP contribution in [0.1, 0.15) is 13.8 Å². The first-order chi connectivity index (χ1) is 5.54. The molecule has 68 valence electrons. The van der Waals surface area contributed by atoms with E-state index in [-0.39, 0.29) is 5.91 Å². The summed E-state index contributed by atoms with van der Waals surface area (Å²) in [4.78, 5) is 21.9. The molecule has 0 aromatic carbocycles. The Labute approximate surface area is 71.6 Å². The number of methoxy groups -OCH3 is 1. The molecule has 4 heteroatoms. The summed E-state index contributed by atoms with van der Waals surface area (Å²) in [6.07, 6.45) is 0. The van der Waals surface area contributed by atoms with E-state index in [0.717, 1.165) is 0 Å². The Morgan fingerprint density at radius 2 is 1.67 bits per heavy atom. The Hall–Kier alpha value is -1.32. The van der Waals surface area contributed by atoms with Crippen LogP contribution < -0.4 is 5.32 Å². The first kappa shape index (κ1) is 10.7. The van der Waals surface area contributed by atoms with Gasteiger partial charge in [0.25, 0.3) is 0 Å². The third-order valence-corrected chi connectivity index (χ3v) is 1.62. The largest absolute Gasteiger partial charge is 0.466 e. The van der Waals surface area contributed by atoms with Crippen molar-refractivity contribution in [1.29, 1.82) is 0 Å². The Balaban J connectivity index is 4.68. The van der Waals surface area contributed by atoms with E-state index in [4.69, 9.17) is 0 Å². The zero-order valence-corrected chi connectivity index (χ0v) is 7.72. The van der Waals surface area contributed by atoms with E-state index >= 15 is 0 Å². The maximum Gasteiger partial charge on any atom is 0.333 e. The first-order valence-electron chi connectivity index (χ1n) is 3.52. The molecule has 0 aromatic rings. The second-order valence-electron chi connectivity index (χ2n) is 2.32. The van der Waals surface area contributed by atoms with Crippen molar-refractivity contribution in [3.63, 3.8) is 0 Å². The zero-order chi connectivity index (χ0) is 9.72. The number of carbonyl (C=O) groups is 2. The molecule has 0 spiro atoms. The molecule has 12 heavy (non-hydrogen) atoms. The fourth-order valence-electron chi connectivity index (χ4n) is 0.664. The van der Waals surface area contributed by atoms with E-state index < -0.39 is 5.97 Å². The number of hydrogen-bond donors (Lipinski definition) is 1. The van der Waals surface area contributed by atoms with Crippen molar-refractivity contribution in [2.24, 2.45) is 0 Å². The lowest BCUT2D eigenvalue weighted by molar-refractivity contribution is -0.136. The summed E-state index contributed by atoms with van der Waals surface area (Å²) in [6, 6.07) is 0. The highest BCUT2D eigenvalue weighted by molar-refractivity contribution is 6.01. The van der Waals surface area contributed by atoms with Crippen molar-refractivity contribution in [2.75, 3.05) is 14.2 Å². The van der Waals surface area contributed by atoms with Crippen LogP contribution in [0.15, 0.2) is 11.1 Å². The molecule has 0 saturated heterocycles. The molecule has 0 aliphatic carbocycles.